The number of thioether (sulfide) groups is 1. The first-order valence-corrected chi connectivity index (χ1v) is 10.4. The molecule has 3 nitrogen and oxygen atoms in total. The van der Waals surface area contributed by atoms with E-state index in [1.54, 1.807) is 0 Å². The maximum atomic E-state index is 12.4. The fourth-order valence-corrected chi connectivity index (χ4v) is 4.90. The Morgan fingerprint density at radius 3 is 2.52 bits per heavy atom. The summed E-state index contributed by atoms with van der Waals surface area (Å²) >= 11 is 1.89. The number of benzene rings is 2. The molecule has 1 amide bonds. The Balaban J connectivity index is 1.75. The summed E-state index contributed by atoms with van der Waals surface area (Å²) in [6.45, 7) is 4.33. The number of nitrogens with two attached hydrogens (primary N) is 1. The van der Waals surface area contributed by atoms with E-state index in [1.807, 2.05) is 41.9 Å². The molecule has 0 saturated carbocycles. The molecule has 3 unspecified atom stereocenters. The molecule has 1 aliphatic rings. The molecule has 1 fully saturated rings. The molecule has 27 heavy (non-hydrogen) atoms. The lowest BCUT2D eigenvalue weighted by atomic mass is 9.89. The Kier molecular flexibility index (Phi) is 6.27. The Labute approximate surface area is 166 Å². The number of carbonyl (C=O) groups is 1. The first-order valence-electron chi connectivity index (χ1n) is 9.47. The monoisotopic (exact) mass is 380 g/mol. The summed E-state index contributed by atoms with van der Waals surface area (Å²) in [4.78, 5) is 15.7. The van der Waals surface area contributed by atoms with Gasteiger partial charge >= 0.3 is 0 Å². The zero-order valence-corrected chi connectivity index (χ0v) is 17.1. The average molecular weight is 381 g/mol. The summed E-state index contributed by atoms with van der Waals surface area (Å²) in [5, 5.41) is 0.384. The van der Waals surface area contributed by atoms with Crippen LogP contribution < -0.4 is 5.73 Å². The minimum Gasteiger partial charge on any atom is -0.399 e. The SMILES string of the molecule is C/C=C(/CC1C(c2ccc(N)cc2)CC(=O)N1C)SC(C)c1ccccc1. The molecule has 142 valence electrons. The lowest BCUT2D eigenvalue weighted by Gasteiger charge is -2.27. The van der Waals surface area contributed by atoms with Crippen LogP contribution in [-0.4, -0.2) is 23.9 Å². The van der Waals surface area contributed by atoms with Gasteiger partial charge in [-0.25, -0.2) is 0 Å². The van der Waals surface area contributed by atoms with E-state index in [9.17, 15) is 4.79 Å². The van der Waals surface area contributed by atoms with Crippen LogP contribution in [0.1, 0.15) is 49.0 Å². The van der Waals surface area contributed by atoms with Crippen molar-refractivity contribution in [1.29, 1.82) is 0 Å². The van der Waals surface area contributed by atoms with E-state index < -0.39 is 0 Å². The lowest BCUT2D eigenvalue weighted by molar-refractivity contribution is -0.127. The molecule has 2 N–H and O–H groups in total. The second-order valence-electron chi connectivity index (χ2n) is 7.18. The van der Waals surface area contributed by atoms with Gasteiger partial charge in [-0.05, 0) is 48.4 Å². The third-order valence-corrected chi connectivity index (χ3v) is 6.77. The number of likely N-dealkylation sites (N-methyl/N-ethyl adjacent to an activating group) is 1. The first kappa shape index (κ1) is 19.6. The maximum absolute atomic E-state index is 12.4. The van der Waals surface area contributed by atoms with Gasteiger partial charge in [0.25, 0.3) is 0 Å². The maximum Gasteiger partial charge on any atom is 0.223 e. The van der Waals surface area contributed by atoms with Gasteiger partial charge in [-0.3, -0.25) is 4.79 Å². The Morgan fingerprint density at radius 1 is 1.22 bits per heavy atom. The van der Waals surface area contributed by atoms with E-state index in [4.69, 9.17) is 5.73 Å². The van der Waals surface area contributed by atoms with Crippen LogP contribution in [0.5, 0.6) is 0 Å². The minimum absolute atomic E-state index is 0.183. The highest BCUT2D eigenvalue weighted by Crippen LogP contribution is 2.42. The Bertz CT molecular complexity index is 801. The molecule has 0 spiro atoms. The zero-order valence-electron chi connectivity index (χ0n) is 16.3. The number of hydrogen-bond donors (Lipinski definition) is 1. The molecule has 0 bridgehead atoms. The van der Waals surface area contributed by atoms with Gasteiger partial charge < -0.3 is 10.6 Å². The number of likely N-dealkylation sites (tertiary alicyclic amines) is 1. The van der Waals surface area contributed by atoms with Gasteiger partial charge in [-0.2, -0.15) is 0 Å². The van der Waals surface area contributed by atoms with Gasteiger partial charge in [0.15, 0.2) is 0 Å². The molecule has 0 aromatic heterocycles. The van der Waals surface area contributed by atoms with Gasteiger partial charge in [-0.1, -0.05) is 48.5 Å². The molecule has 1 aliphatic heterocycles. The molecular formula is C23H28N2OS. The summed E-state index contributed by atoms with van der Waals surface area (Å²) in [6.07, 6.45) is 3.65. The number of rotatable bonds is 6. The predicted octanol–water partition coefficient (Wildman–Crippen LogP) is 5.37. The van der Waals surface area contributed by atoms with Crippen molar-refractivity contribution in [2.24, 2.45) is 0 Å². The van der Waals surface area contributed by atoms with Crippen molar-refractivity contribution >= 4 is 23.4 Å². The number of hydrogen-bond acceptors (Lipinski definition) is 3. The van der Waals surface area contributed by atoms with Crippen LogP contribution in [0.3, 0.4) is 0 Å². The molecule has 2 aromatic carbocycles. The smallest absolute Gasteiger partial charge is 0.223 e. The Hall–Kier alpha value is -2.20. The number of amides is 1. The zero-order chi connectivity index (χ0) is 19.4. The molecule has 3 atom stereocenters. The average Bonchev–Trinajstić information content (AvgIpc) is 2.97. The number of nitrogens with zero attached hydrogens (tertiary/aromatic N) is 1. The molecule has 1 saturated heterocycles. The van der Waals surface area contributed by atoms with Crippen LogP contribution in [0, 0.1) is 0 Å². The highest BCUT2D eigenvalue weighted by molar-refractivity contribution is 8.03. The van der Waals surface area contributed by atoms with Crippen molar-refractivity contribution in [3.05, 3.63) is 76.7 Å². The van der Waals surface area contributed by atoms with Gasteiger partial charge in [0, 0.05) is 36.4 Å². The van der Waals surface area contributed by atoms with Crippen molar-refractivity contribution in [1.82, 2.24) is 4.90 Å². The molecule has 1 heterocycles. The van der Waals surface area contributed by atoms with Gasteiger partial charge in [0.2, 0.25) is 5.91 Å². The molecule has 3 rings (SSSR count). The van der Waals surface area contributed by atoms with Crippen LogP contribution in [0.4, 0.5) is 5.69 Å². The van der Waals surface area contributed by atoms with Gasteiger partial charge in [0.05, 0.1) is 0 Å². The molecule has 4 heteroatoms. The van der Waals surface area contributed by atoms with Crippen LogP contribution >= 0.6 is 11.8 Å². The van der Waals surface area contributed by atoms with E-state index in [0.29, 0.717) is 11.7 Å². The second-order valence-corrected chi connectivity index (χ2v) is 8.65. The summed E-state index contributed by atoms with van der Waals surface area (Å²) in [6, 6.07) is 18.7. The largest absolute Gasteiger partial charge is 0.399 e. The van der Waals surface area contributed by atoms with Crippen molar-refractivity contribution in [2.45, 2.75) is 43.9 Å². The van der Waals surface area contributed by atoms with Crippen LogP contribution in [0.15, 0.2) is 65.6 Å². The fourth-order valence-electron chi connectivity index (χ4n) is 3.74. The highest BCUT2D eigenvalue weighted by Gasteiger charge is 2.38. The standard InChI is InChI=1S/C23H28N2OS/c1-4-20(27-16(2)17-8-6-5-7-9-17)14-22-21(15-23(26)25(22)3)18-10-12-19(24)13-11-18/h4-13,16,21-22H,14-15,24H2,1-3H3/b20-4-. The second kappa shape index (κ2) is 8.66. The normalized spacial score (nSPS) is 21.5. The summed E-state index contributed by atoms with van der Waals surface area (Å²) in [7, 11) is 1.93. The lowest BCUT2D eigenvalue weighted by Crippen LogP contribution is -2.31. The van der Waals surface area contributed by atoms with Crippen LogP contribution in [0.25, 0.3) is 0 Å². The topological polar surface area (TPSA) is 46.3 Å². The van der Waals surface area contributed by atoms with E-state index in [0.717, 1.165) is 12.1 Å². The summed E-state index contributed by atoms with van der Waals surface area (Å²) < 4.78 is 0. The number of allylic oxidation sites excluding steroid dienone is 1. The van der Waals surface area contributed by atoms with Crippen molar-refractivity contribution in [3.63, 3.8) is 0 Å². The predicted molar refractivity (Wildman–Crippen MR) is 116 cm³/mol. The van der Waals surface area contributed by atoms with Gasteiger partial charge in [0.1, 0.15) is 0 Å². The van der Waals surface area contributed by atoms with E-state index >= 15 is 0 Å². The molecule has 2 aromatic rings. The van der Waals surface area contributed by atoms with E-state index in [-0.39, 0.29) is 17.9 Å². The third-order valence-electron chi connectivity index (χ3n) is 5.44. The number of nitrogen functional groups attached to an aromatic ring is 1. The molecule has 0 radical (unpaired) electrons. The quantitative estimate of drug-likeness (QED) is 0.685. The number of carbonyl (C=O) groups excluding carboxylic acids is 1. The molecular weight excluding hydrogens is 352 g/mol. The van der Waals surface area contributed by atoms with Crippen LogP contribution in [0.2, 0.25) is 0 Å². The van der Waals surface area contributed by atoms with E-state index in [2.05, 4.69) is 56.3 Å². The third kappa shape index (κ3) is 4.56. The Morgan fingerprint density at radius 2 is 1.89 bits per heavy atom. The number of anilines is 1. The molecule has 0 aliphatic carbocycles. The van der Waals surface area contributed by atoms with Crippen molar-refractivity contribution < 1.29 is 4.79 Å². The van der Waals surface area contributed by atoms with Crippen molar-refractivity contribution in [3.8, 4) is 0 Å². The summed E-state index contributed by atoms with van der Waals surface area (Å²) in [5.74, 6) is 0.434. The van der Waals surface area contributed by atoms with Crippen molar-refractivity contribution in [2.75, 3.05) is 12.8 Å². The van der Waals surface area contributed by atoms with Crippen LogP contribution in [-0.2, 0) is 4.79 Å². The van der Waals surface area contributed by atoms with Gasteiger partial charge in [-0.15, -0.1) is 11.8 Å². The highest BCUT2D eigenvalue weighted by atomic mass is 32.2. The fraction of sp³-hybridized carbons (Fsp3) is 0.348. The summed E-state index contributed by atoms with van der Waals surface area (Å²) in [5.41, 5.74) is 9.12. The first-order chi connectivity index (χ1) is 13.0. The van der Waals surface area contributed by atoms with E-state index in [1.165, 1.54) is 16.0 Å². The minimum atomic E-state index is 0.183.